The van der Waals surface area contributed by atoms with Crippen molar-refractivity contribution in [3.8, 4) is 12.3 Å². The molecule has 0 saturated carbocycles. The summed E-state index contributed by atoms with van der Waals surface area (Å²) in [6.45, 7) is 6.53. The van der Waals surface area contributed by atoms with Gasteiger partial charge in [0.2, 0.25) is 5.91 Å². The molecule has 0 aliphatic rings. The van der Waals surface area contributed by atoms with Crippen molar-refractivity contribution < 1.29 is 4.79 Å². The van der Waals surface area contributed by atoms with E-state index in [-0.39, 0.29) is 5.91 Å². The minimum Gasteiger partial charge on any atom is -0.330 e. The van der Waals surface area contributed by atoms with Crippen LogP contribution in [-0.4, -0.2) is 29.9 Å². The third-order valence-corrected chi connectivity index (χ3v) is 1.83. The quantitative estimate of drug-likeness (QED) is 0.501. The summed E-state index contributed by atoms with van der Waals surface area (Å²) in [7, 11) is 0. The molecular formula is C11H18N2O. The number of amides is 1. The fourth-order valence-corrected chi connectivity index (χ4v) is 1.16. The average molecular weight is 194 g/mol. The molecule has 1 atom stereocenters. The van der Waals surface area contributed by atoms with Crippen LogP contribution in [-0.2, 0) is 4.79 Å². The number of terminal acetylenes is 1. The molecule has 0 bridgehead atoms. The molecule has 0 saturated heterocycles. The number of nitrogens with two attached hydrogens (primary N) is 1. The summed E-state index contributed by atoms with van der Waals surface area (Å²) in [5, 5.41) is 0. The van der Waals surface area contributed by atoms with Gasteiger partial charge < -0.3 is 10.6 Å². The van der Waals surface area contributed by atoms with Gasteiger partial charge in [-0.15, -0.1) is 13.0 Å². The van der Waals surface area contributed by atoms with Gasteiger partial charge in [0.05, 0.1) is 12.6 Å². The van der Waals surface area contributed by atoms with Crippen molar-refractivity contribution in [2.75, 3.05) is 13.1 Å². The Morgan fingerprint density at radius 3 is 2.86 bits per heavy atom. The lowest BCUT2D eigenvalue weighted by atomic mass is 10.2. The highest BCUT2D eigenvalue weighted by Crippen LogP contribution is 1.99. The lowest BCUT2D eigenvalue weighted by molar-refractivity contribution is -0.131. The van der Waals surface area contributed by atoms with E-state index in [0.717, 1.165) is 6.42 Å². The van der Waals surface area contributed by atoms with Crippen LogP contribution < -0.4 is 5.73 Å². The van der Waals surface area contributed by atoms with Crippen LogP contribution in [0.3, 0.4) is 0 Å². The molecule has 0 radical (unpaired) electrons. The Bertz CT molecular complexity index is 230. The number of carbonyl (C=O) groups excluding carboxylic acids is 1. The first-order chi connectivity index (χ1) is 6.67. The maximum absolute atomic E-state index is 11.7. The van der Waals surface area contributed by atoms with Gasteiger partial charge in [-0.05, 0) is 12.8 Å². The third kappa shape index (κ3) is 4.11. The molecule has 0 aromatic heterocycles. The minimum absolute atomic E-state index is 0.0929. The van der Waals surface area contributed by atoms with Crippen molar-refractivity contribution in [1.82, 2.24) is 4.90 Å². The summed E-state index contributed by atoms with van der Waals surface area (Å²) in [5.41, 5.74) is 5.66. The van der Waals surface area contributed by atoms with Gasteiger partial charge >= 0.3 is 0 Å². The van der Waals surface area contributed by atoms with E-state index < -0.39 is 6.04 Å². The molecule has 3 heteroatoms. The van der Waals surface area contributed by atoms with Gasteiger partial charge in [-0.25, -0.2) is 0 Å². The van der Waals surface area contributed by atoms with Gasteiger partial charge in [0, 0.05) is 6.54 Å². The third-order valence-electron chi connectivity index (χ3n) is 1.83. The summed E-state index contributed by atoms with van der Waals surface area (Å²) < 4.78 is 0. The van der Waals surface area contributed by atoms with Crippen LogP contribution in [0.1, 0.15) is 19.8 Å². The molecule has 14 heavy (non-hydrogen) atoms. The van der Waals surface area contributed by atoms with Gasteiger partial charge in [0.25, 0.3) is 0 Å². The summed E-state index contributed by atoms with van der Waals surface area (Å²) in [6, 6.07) is -0.507. The maximum Gasteiger partial charge on any atom is 0.240 e. The Hall–Kier alpha value is -1.27. The zero-order valence-corrected chi connectivity index (χ0v) is 8.70. The molecule has 0 heterocycles. The van der Waals surface area contributed by atoms with E-state index >= 15 is 0 Å². The maximum atomic E-state index is 11.7. The average Bonchev–Trinajstić information content (AvgIpc) is 2.17. The van der Waals surface area contributed by atoms with Crippen LogP contribution in [0.5, 0.6) is 0 Å². The predicted molar refractivity (Wildman–Crippen MR) is 58.5 cm³/mol. The van der Waals surface area contributed by atoms with Crippen molar-refractivity contribution in [3.63, 3.8) is 0 Å². The van der Waals surface area contributed by atoms with E-state index in [1.807, 2.05) is 6.92 Å². The molecule has 1 amide bonds. The number of hydrogen-bond acceptors (Lipinski definition) is 2. The first-order valence-corrected chi connectivity index (χ1v) is 4.76. The highest BCUT2D eigenvalue weighted by atomic mass is 16.2. The first kappa shape index (κ1) is 12.7. The fraction of sp³-hybridized carbons (Fsp3) is 0.545. The van der Waals surface area contributed by atoms with Crippen molar-refractivity contribution in [2.24, 2.45) is 5.73 Å². The molecule has 0 spiro atoms. The molecule has 0 aliphatic heterocycles. The van der Waals surface area contributed by atoms with E-state index in [9.17, 15) is 4.79 Å². The molecule has 0 rings (SSSR count). The Balaban J connectivity index is 4.27. The Kier molecular flexibility index (Phi) is 6.51. The van der Waals surface area contributed by atoms with E-state index in [0.29, 0.717) is 19.5 Å². The van der Waals surface area contributed by atoms with Crippen LogP contribution in [0.25, 0.3) is 0 Å². The van der Waals surface area contributed by atoms with E-state index in [2.05, 4.69) is 12.5 Å². The second kappa shape index (κ2) is 7.16. The molecule has 0 aromatic rings. The van der Waals surface area contributed by atoms with Crippen LogP contribution in [0.2, 0.25) is 0 Å². The van der Waals surface area contributed by atoms with Crippen molar-refractivity contribution in [1.29, 1.82) is 0 Å². The molecule has 2 N–H and O–H groups in total. The number of carbonyl (C=O) groups is 1. The lowest BCUT2D eigenvalue weighted by Gasteiger charge is -2.22. The highest BCUT2D eigenvalue weighted by molar-refractivity contribution is 5.82. The zero-order chi connectivity index (χ0) is 11.0. The summed E-state index contributed by atoms with van der Waals surface area (Å²) in [4.78, 5) is 13.3. The molecule has 0 fully saturated rings. The normalized spacial score (nSPS) is 11.5. The molecule has 0 aliphatic carbocycles. The van der Waals surface area contributed by atoms with E-state index in [4.69, 9.17) is 12.2 Å². The Labute approximate surface area is 86.0 Å². The summed E-state index contributed by atoms with van der Waals surface area (Å²) >= 11 is 0. The minimum atomic E-state index is -0.507. The van der Waals surface area contributed by atoms with E-state index in [1.54, 1.807) is 11.0 Å². The molecule has 78 valence electrons. The van der Waals surface area contributed by atoms with Crippen LogP contribution in [0, 0.1) is 12.3 Å². The SMILES string of the molecule is C#CCN(CCC)C(=O)C(N)CC=C. The lowest BCUT2D eigenvalue weighted by Crippen LogP contribution is -2.44. The molecular weight excluding hydrogens is 176 g/mol. The topological polar surface area (TPSA) is 46.3 Å². The van der Waals surface area contributed by atoms with Crippen LogP contribution in [0.4, 0.5) is 0 Å². The first-order valence-electron chi connectivity index (χ1n) is 4.76. The van der Waals surface area contributed by atoms with Crippen LogP contribution >= 0.6 is 0 Å². The van der Waals surface area contributed by atoms with Gasteiger partial charge in [0.15, 0.2) is 0 Å². The monoisotopic (exact) mass is 194 g/mol. The fourth-order valence-electron chi connectivity index (χ4n) is 1.16. The van der Waals surface area contributed by atoms with E-state index in [1.165, 1.54) is 0 Å². The number of hydrogen-bond donors (Lipinski definition) is 1. The second-order valence-corrected chi connectivity index (χ2v) is 3.09. The molecule has 1 unspecified atom stereocenters. The Morgan fingerprint density at radius 1 is 1.79 bits per heavy atom. The zero-order valence-electron chi connectivity index (χ0n) is 8.70. The van der Waals surface area contributed by atoms with Gasteiger partial charge in [0.1, 0.15) is 0 Å². The highest BCUT2D eigenvalue weighted by Gasteiger charge is 2.17. The summed E-state index contributed by atoms with van der Waals surface area (Å²) in [6.07, 6.45) is 8.18. The van der Waals surface area contributed by atoms with Gasteiger partial charge in [-0.2, -0.15) is 0 Å². The summed E-state index contributed by atoms with van der Waals surface area (Å²) in [5.74, 6) is 2.36. The molecule has 0 aromatic carbocycles. The van der Waals surface area contributed by atoms with Gasteiger partial charge in [-0.1, -0.05) is 18.9 Å². The smallest absolute Gasteiger partial charge is 0.240 e. The number of rotatable bonds is 6. The molecule has 3 nitrogen and oxygen atoms in total. The second-order valence-electron chi connectivity index (χ2n) is 3.09. The predicted octanol–water partition coefficient (Wildman–Crippen LogP) is 0.762. The van der Waals surface area contributed by atoms with Crippen molar-refractivity contribution in [2.45, 2.75) is 25.8 Å². The number of nitrogens with zero attached hydrogens (tertiary/aromatic N) is 1. The Morgan fingerprint density at radius 2 is 2.43 bits per heavy atom. The van der Waals surface area contributed by atoms with Crippen molar-refractivity contribution >= 4 is 5.91 Å². The standard InChI is InChI=1S/C11H18N2O/c1-4-7-10(12)11(14)13(8-5-2)9-6-3/h2,4,10H,1,6-9,12H2,3H3. The van der Waals surface area contributed by atoms with Crippen molar-refractivity contribution in [3.05, 3.63) is 12.7 Å². The van der Waals surface area contributed by atoms with Gasteiger partial charge in [-0.3, -0.25) is 4.79 Å². The van der Waals surface area contributed by atoms with Crippen LogP contribution in [0.15, 0.2) is 12.7 Å². The largest absolute Gasteiger partial charge is 0.330 e.